The number of aliphatic hydroxyl groups excluding tert-OH is 1. The smallest absolute Gasteiger partial charge is 0.339 e. The molecule has 1 atom stereocenters. The van der Waals surface area contributed by atoms with Crippen molar-refractivity contribution in [2.45, 2.75) is 33.0 Å². The first kappa shape index (κ1) is 11.7. The predicted octanol–water partition coefficient (Wildman–Crippen LogP) is 1.98. The Balaban J connectivity index is 2.76. The molecule has 1 aromatic rings. The topological polar surface area (TPSA) is 46.5 Å². The van der Waals surface area contributed by atoms with Crippen LogP contribution in [-0.4, -0.2) is 17.2 Å². The van der Waals surface area contributed by atoms with E-state index in [1.807, 2.05) is 13.0 Å². The van der Waals surface area contributed by atoms with Crippen molar-refractivity contribution in [3.8, 4) is 0 Å². The van der Waals surface area contributed by atoms with E-state index < -0.39 is 12.1 Å². The second-order valence-corrected chi connectivity index (χ2v) is 3.80. The highest BCUT2D eigenvalue weighted by atomic mass is 16.6. The molecule has 1 N–H and O–H groups in total. The van der Waals surface area contributed by atoms with Gasteiger partial charge in [-0.2, -0.15) is 0 Å². The number of ether oxygens (including phenoxy) is 1. The summed E-state index contributed by atoms with van der Waals surface area (Å²) in [7, 11) is 0. The summed E-state index contributed by atoms with van der Waals surface area (Å²) < 4.78 is 4.92. The number of carbonyl (C=O) groups is 1. The number of hydrogen-bond acceptors (Lipinski definition) is 3. The standard InChI is InChI=1S/C12H16O3/c1-8(2)15-12(14)11(13)10-6-4-5-9(3)7-10/h4-8,11,13H,1-3H3. The number of carbonyl (C=O) groups excluding carboxylic acids is 1. The first-order chi connectivity index (χ1) is 7.00. The fourth-order valence-corrected chi connectivity index (χ4v) is 1.27. The van der Waals surface area contributed by atoms with Gasteiger partial charge in [0.2, 0.25) is 0 Å². The molecule has 0 bridgehead atoms. The van der Waals surface area contributed by atoms with Crippen LogP contribution < -0.4 is 0 Å². The maximum atomic E-state index is 11.4. The summed E-state index contributed by atoms with van der Waals surface area (Å²) >= 11 is 0. The largest absolute Gasteiger partial charge is 0.461 e. The van der Waals surface area contributed by atoms with Crippen LogP contribution in [-0.2, 0) is 9.53 Å². The van der Waals surface area contributed by atoms with E-state index in [4.69, 9.17) is 4.74 Å². The van der Waals surface area contributed by atoms with Gasteiger partial charge in [-0.05, 0) is 26.3 Å². The number of esters is 1. The Kier molecular flexibility index (Phi) is 3.86. The van der Waals surface area contributed by atoms with Gasteiger partial charge in [0, 0.05) is 0 Å². The van der Waals surface area contributed by atoms with E-state index in [0.717, 1.165) is 5.56 Å². The fourth-order valence-electron chi connectivity index (χ4n) is 1.27. The highest BCUT2D eigenvalue weighted by molar-refractivity contribution is 5.76. The van der Waals surface area contributed by atoms with Gasteiger partial charge in [-0.15, -0.1) is 0 Å². The average Bonchev–Trinajstić information content (AvgIpc) is 2.15. The summed E-state index contributed by atoms with van der Waals surface area (Å²) in [5.41, 5.74) is 1.57. The second-order valence-electron chi connectivity index (χ2n) is 3.80. The third kappa shape index (κ3) is 3.36. The maximum absolute atomic E-state index is 11.4. The van der Waals surface area contributed by atoms with Crippen LogP contribution in [0.3, 0.4) is 0 Å². The lowest BCUT2D eigenvalue weighted by Gasteiger charge is -2.13. The molecule has 0 amide bonds. The molecule has 3 nitrogen and oxygen atoms in total. The molecular weight excluding hydrogens is 192 g/mol. The summed E-state index contributed by atoms with van der Waals surface area (Å²) in [6.45, 7) is 5.41. The Hall–Kier alpha value is -1.35. The Bertz CT molecular complexity index is 344. The quantitative estimate of drug-likeness (QED) is 0.772. The first-order valence-corrected chi connectivity index (χ1v) is 4.96. The molecule has 1 rings (SSSR count). The predicted molar refractivity (Wildman–Crippen MR) is 57.4 cm³/mol. The molecule has 1 unspecified atom stereocenters. The van der Waals surface area contributed by atoms with Crippen molar-refractivity contribution in [2.75, 3.05) is 0 Å². The molecule has 0 saturated carbocycles. The molecule has 0 spiro atoms. The minimum atomic E-state index is -1.19. The lowest BCUT2D eigenvalue weighted by atomic mass is 10.1. The third-order valence-corrected chi connectivity index (χ3v) is 1.93. The Morgan fingerprint density at radius 3 is 2.60 bits per heavy atom. The number of aryl methyl sites for hydroxylation is 1. The minimum absolute atomic E-state index is 0.211. The highest BCUT2D eigenvalue weighted by Gasteiger charge is 2.19. The van der Waals surface area contributed by atoms with Crippen LogP contribution in [0.1, 0.15) is 31.1 Å². The molecule has 0 aliphatic heterocycles. The van der Waals surface area contributed by atoms with Crippen LogP contribution in [0.5, 0.6) is 0 Å². The van der Waals surface area contributed by atoms with Crippen molar-refractivity contribution in [1.29, 1.82) is 0 Å². The zero-order valence-electron chi connectivity index (χ0n) is 9.23. The lowest BCUT2D eigenvalue weighted by Crippen LogP contribution is -2.19. The molecule has 15 heavy (non-hydrogen) atoms. The zero-order valence-corrected chi connectivity index (χ0v) is 9.23. The second kappa shape index (κ2) is 4.94. The summed E-state index contributed by atoms with van der Waals surface area (Å²) in [6, 6.07) is 7.19. The average molecular weight is 208 g/mol. The van der Waals surface area contributed by atoms with Gasteiger partial charge in [0.1, 0.15) is 0 Å². The van der Waals surface area contributed by atoms with E-state index in [9.17, 15) is 9.90 Å². The summed E-state index contributed by atoms with van der Waals surface area (Å²) in [5, 5.41) is 9.69. The van der Waals surface area contributed by atoms with Crippen molar-refractivity contribution in [3.05, 3.63) is 35.4 Å². The van der Waals surface area contributed by atoms with E-state index in [-0.39, 0.29) is 6.10 Å². The Morgan fingerprint density at radius 1 is 1.40 bits per heavy atom. The van der Waals surface area contributed by atoms with Crippen LogP contribution in [0.15, 0.2) is 24.3 Å². The van der Waals surface area contributed by atoms with Gasteiger partial charge in [-0.1, -0.05) is 29.8 Å². The Morgan fingerprint density at radius 2 is 2.07 bits per heavy atom. The highest BCUT2D eigenvalue weighted by Crippen LogP contribution is 2.16. The van der Waals surface area contributed by atoms with Crippen molar-refractivity contribution in [2.24, 2.45) is 0 Å². The molecule has 0 saturated heterocycles. The summed E-state index contributed by atoms with van der Waals surface area (Å²) in [5.74, 6) is -0.601. The van der Waals surface area contributed by atoms with Gasteiger partial charge < -0.3 is 9.84 Å². The number of benzene rings is 1. The molecular formula is C12H16O3. The molecule has 82 valence electrons. The normalized spacial score (nSPS) is 12.6. The lowest BCUT2D eigenvalue weighted by molar-refractivity contribution is -0.157. The number of hydrogen-bond donors (Lipinski definition) is 1. The van der Waals surface area contributed by atoms with Crippen LogP contribution in [0, 0.1) is 6.92 Å². The molecule has 0 aromatic heterocycles. The third-order valence-electron chi connectivity index (χ3n) is 1.93. The SMILES string of the molecule is Cc1cccc(C(O)C(=O)OC(C)C)c1. The van der Waals surface area contributed by atoms with Gasteiger partial charge >= 0.3 is 5.97 Å². The number of aliphatic hydroxyl groups is 1. The molecule has 3 heteroatoms. The van der Waals surface area contributed by atoms with Gasteiger partial charge in [0.15, 0.2) is 6.10 Å². The molecule has 0 fully saturated rings. The van der Waals surface area contributed by atoms with Crippen LogP contribution in [0.4, 0.5) is 0 Å². The minimum Gasteiger partial charge on any atom is -0.461 e. The number of rotatable bonds is 3. The van der Waals surface area contributed by atoms with E-state index in [1.165, 1.54) is 0 Å². The van der Waals surface area contributed by atoms with Gasteiger partial charge in [-0.25, -0.2) is 4.79 Å². The Labute approximate surface area is 89.7 Å². The van der Waals surface area contributed by atoms with Gasteiger partial charge in [0.05, 0.1) is 6.10 Å². The van der Waals surface area contributed by atoms with E-state index in [2.05, 4.69) is 0 Å². The van der Waals surface area contributed by atoms with Gasteiger partial charge in [-0.3, -0.25) is 0 Å². The maximum Gasteiger partial charge on any atom is 0.339 e. The van der Waals surface area contributed by atoms with Crippen molar-refractivity contribution in [3.63, 3.8) is 0 Å². The van der Waals surface area contributed by atoms with Crippen LogP contribution in [0.25, 0.3) is 0 Å². The zero-order chi connectivity index (χ0) is 11.4. The fraction of sp³-hybridized carbons (Fsp3) is 0.417. The molecule has 0 radical (unpaired) electrons. The molecule has 1 aromatic carbocycles. The first-order valence-electron chi connectivity index (χ1n) is 4.96. The van der Waals surface area contributed by atoms with Crippen LogP contribution >= 0.6 is 0 Å². The molecule has 0 aliphatic carbocycles. The van der Waals surface area contributed by atoms with E-state index >= 15 is 0 Å². The molecule has 0 aliphatic rings. The monoisotopic (exact) mass is 208 g/mol. The van der Waals surface area contributed by atoms with Crippen molar-refractivity contribution in [1.82, 2.24) is 0 Å². The van der Waals surface area contributed by atoms with E-state index in [1.54, 1.807) is 32.0 Å². The van der Waals surface area contributed by atoms with Crippen molar-refractivity contribution < 1.29 is 14.6 Å². The van der Waals surface area contributed by atoms with Gasteiger partial charge in [0.25, 0.3) is 0 Å². The van der Waals surface area contributed by atoms with Crippen LogP contribution in [0.2, 0.25) is 0 Å². The summed E-state index contributed by atoms with van der Waals surface area (Å²) in [4.78, 5) is 11.4. The van der Waals surface area contributed by atoms with E-state index in [0.29, 0.717) is 5.56 Å². The van der Waals surface area contributed by atoms with Crippen molar-refractivity contribution >= 4 is 5.97 Å². The molecule has 0 heterocycles. The summed E-state index contributed by atoms with van der Waals surface area (Å²) in [6.07, 6.45) is -1.40.